The molecule has 0 saturated heterocycles. The van der Waals surface area contributed by atoms with Crippen molar-refractivity contribution >= 4 is 5.71 Å². The Morgan fingerprint density at radius 3 is 2.46 bits per heavy atom. The monoisotopic (exact) mass is 175 g/mol. The molecule has 1 aromatic rings. The fourth-order valence-corrected chi connectivity index (χ4v) is 1.23. The van der Waals surface area contributed by atoms with Gasteiger partial charge in [-0.05, 0) is 25.8 Å². The molecule has 1 rings (SSSR count). The highest BCUT2D eigenvalue weighted by Crippen LogP contribution is 2.16. The lowest BCUT2D eigenvalue weighted by Crippen LogP contribution is -1.94. The maximum absolute atomic E-state index is 4.58. The SMILES string of the molecule is CCC(C)=N[C@H](C)c1ccccc1. The van der Waals surface area contributed by atoms with Gasteiger partial charge >= 0.3 is 0 Å². The average molecular weight is 175 g/mol. The van der Waals surface area contributed by atoms with E-state index in [1.807, 2.05) is 6.07 Å². The summed E-state index contributed by atoms with van der Waals surface area (Å²) in [4.78, 5) is 4.58. The number of aliphatic imine (C=N–C) groups is 1. The minimum atomic E-state index is 0.293. The van der Waals surface area contributed by atoms with Crippen molar-refractivity contribution in [2.75, 3.05) is 0 Å². The average Bonchev–Trinajstić information content (AvgIpc) is 2.19. The number of rotatable bonds is 3. The molecule has 0 amide bonds. The Hall–Kier alpha value is -1.11. The van der Waals surface area contributed by atoms with E-state index < -0.39 is 0 Å². The van der Waals surface area contributed by atoms with Gasteiger partial charge in [-0.1, -0.05) is 37.3 Å². The molecule has 1 aromatic carbocycles. The van der Waals surface area contributed by atoms with Gasteiger partial charge in [0.05, 0.1) is 6.04 Å². The van der Waals surface area contributed by atoms with Gasteiger partial charge in [-0.2, -0.15) is 0 Å². The van der Waals surface area contributed by atoms with Crippen LogP contribution >= 0.6 is 0 Å². The molecular formula is C12H17N. The first-order valence-electron chi connectivity index (χ1n) is 4.82. The zero-order valence-corrected chi connectivity index (χ0v) is 8.62. The highest BCUT2D eigenvalue weighted by Gasteiger charge is 2.01. The van der Waals surface area contributed by atoms with Crippen LogP contribution in [0.15, 0.2) is 35.3 Å². The van der Waals surface area contributed by atoms with Crippen LogP contribution in [0.1, 0.15) is 38.8 Å². The minimum Gasteiger partial charge on any atom is -0.287 e. The quantitative estimate of drug-likeness (QED) is 0.622. The largest absolute Gasteiger partial charge is 0.287 e. The van der Waals surface area contributed by atoms with Crippen molar-refractivity contribution in [3.8, 4) is 0 Å². The molecule has 0 aliphatic carbocycles. The van der Waals surface area contributed by atoms with Crippen LogP contribution in [0.25, 0.3) is 0 Å². The van der Waals surface area contributed by atoms with Crippen molar-refractivity contribution in [1.29, 1.82) is 0 Å². The van der Waals surface area contributed by atoms with E-state index >= 15 is 0 Å². The molecule has 1 heteroatoms. The van der Waals surface area contributed by atoms with Crippen LogP contribution in [-0.4, -0.2) is 5.71 Å². The topological polar surface area (TPSA) is 12.4 Å². The first kappa shape index (κ1) is 9.97. The Kier molecular flexibility index (Phi) is 3.69. The Morgan fingerprint density at radius 2 is 1.92 bits per heavy atom. The van der Waals surface area contributed by atoms with Crippen LogP contribution in [0.2, 0.25) is 0 Å². The molecule has 0 saturated carbocycles. The third-order valence-electron chi connectivity index (χ3n) is 2.21. The third-order valence-corrected chi connectivity index (χ3v) is 2.21. The molecule has 0 fully saturated rings. The van der Waals surface area contributed by atoms with Gasteiger partial charge in [0.2, 0.25) is 0 Å². The normalized spacial score (nSPS) is 14.2. The van der Waals surface area contributed by atoms with Crippen LogP contribution in [0.5, 0.6) is 0 Å². The summed E-state index contributed by atoms with van der Waals surface area (Å²) >= 11 is 0. The molecule has 0 unspecified atom stereocenters. The Labute approximate surface area is 80.5 Å². The van der Waals surface area contributed by atoms with Gasteiger partial charge in [-0.15, -0.1) is 0 Å². The zero-order valence-electron chi connectivity index (χ0n) is 8.62. The second-order valence-corrected chi connectivity index (χ2v) is 3.30. The zero-order chi connectivity index (χ0) is 9.68. The van der Waals surface area contributed by atoms with E-state index in [0.29, 0.717) is 6.04 Å². The van der Waals surface area contributed by atoms with E-state index in [9.17, 15) is 0 Å². The van der Waals surface area contributed by atoms with E-state index in [2.05, 4.69) is 50.0 Å². The second kappa shape index (κ2) is 4.80. The van der Waals surface area contributed by atoms with Crippen molar-refractivity contribution in [1.82, 2.24) is 0 Å². The summed E-state index contributed by atoms with van der Waals surface area (Å²) in [7, 11) is 0. The van der Waals surface area contributed by atoms with Gasteiger partial charge in [-0.25, -0.2) is 0 Å². The molecule has 0 N–H and O–H groups in total. The number of nitrogens with zero attached hydrogens (tertiary/aromatic N) is 1. The highest BCUT2D eigenvalue weighted by atomic mass is 14.8. The van der Waals surface area contributed by atoms with Gasteiger partial charge in [0.15, 0.2) is 0 Å². The summed E-state index contributed by atoms with van der Waals surface area (Å²) in [5.41, 5.74) is 2.51. The van der Waals surface area contributed by atoms with Crippen molar-refractivity contribution in [2.45, 2.75) is 33.2 Å². The molecule has 0 aliphatic rings. The minimum absolute atomic E-state index is 0.293. The lowest BCUT2D eigenvalue weighted by Gasteiger charge is -2.07. The smallest absolute Gasteiger partial charge is 0.0720 e. The van der Waals surface area contributed by atoms with Gasteiger partial charge < -0.3 is 0 Å². The van der Waals surface area contributed by atoms with Gasteiger partial charge in [0.1, 0.15) is 0 Å². The van der Waals surface area contributed by atoms with E-state index in [1.54, 1.807) is 0 Å². The first-order chi connectivity index (χ1) is 6.24. The number of hydrogen-bond donors (Lipinski definition) is 0. The molecule has 0 bridgehead atoms. The van der Waals surface area contributed by atoms with Crippen molar-refractivity contribution in [3.05, 3.63) is 35.9 Å². The van der Waals surface area contributed by atoms with Crippen molar-refractivity contribution < 1.29 is 0 Å². The first-order valence-corrected chi connectivity index (χ1v) is 4.82. The van der Waals surface area contributed by atoms with Gasteiger partial charge in [0, 0.05) is 5.71 Å². The Morgan fingerprint density at radius 1 is 1.31 bits per heavy atom. The molecule has 0 radical (unpaired) electrons. The fourth-order valence-electron chi connectivity index (χ4n) is 1.23. The molecule has 0 aromatic heterocycles. The van der Waals surface area contributed by atoms with E-state index in [-0.39, 0.29) is 0 Å². The number of hydrogen-bond acceptors (Lipinski definition) is 1. The molecule has 70 valence electrons. The highest BCUT2D eigenvalue weighted by molar-refractivity contribution is 5.81. The van der Waals surface area contributed by atoms with E-state index in [0.717, 1.165) is 6.42 Å². The summed E-state index contributed by atoms with van der Waals surface area (Å²) in [6.45, 7) is 6.35. The molecule has 0 heterocycles. The van der Waals surface area contributed by atoms with Crippen LogP contribution < -0.4 is 0 Å². The van der Waals surface area contributed by atoms with Gasteiger partial charge in [-0.3, -0.25) is 4.99 Å². The van der Waals surface area contributed by atoms with Crippen molar-refractivity contribution in [2.24, 2.45) is 4.99 Å². The maximum atomic E-state index is 4.58. The summed E-state index contributed by atoms with van der Waals surface area (Å²) < 4.78 is 0. The molecule has 13 heavy (non-hydrogen) atoms. The summed E-state index contributed by atoms with van der Waals surface area (Å²) in [6.07, 6.45) is 1.04. The van der Waals surface area contributed by atoms with Crippen LogP contribution in [0.3, 0.4) is 0 Å². The molecule has 1 atom stereocenters. The fraction of sp³-hybridized carbons (Fsp3) is 0.417. The lowest BCUT2D eigenvalue weighted by atomic mass is 10.1. The standard InChI is InChI=1S/C12H17N/c1-4-10(2)13-11(3)12-8-6-5-7-9-12/h5-9,11H,4H2,1-3H3/t11-/m1/s1. The molecular weight excluding hydrogens is 158 g/mol. The van der Waals surface area contributed by atoms with Crippen LogP contribution in [0.4, 0.5) is 0 Å². The predicted molar refractivity (Wildman–Crippen MR) is 58.3 cm³/mol. The van der Waals surface area contributed by atoms with Gasteiger partial charge in [0.25, 0.3) is 0 Å². The Balaban J connectivity index is 2.75. The summed E-state index contributed by atoms with van der Waals surface area (Å²) in [5.74, 6) is 0. The second-order valence-electron chi connectivity index (χ2n) is 3.30. The molecule has 0 aliphatic heterocycles. The van der Waals surface area contributed by atoms with E-state index in [1.165, 1.54) is 11.3 Å². The molecule has 1 nitrogen and oxygen atoms in total. The maximum Gasteiger partial charge on any atom is 0.0720 e. The van der Waals surface area contributed by atoms with E-state index in [4.69, 9.17) is 0 Å². The Bertz CT molecular complexity index is 274. The van der Waals surface area contributed by atoms with Crippen molar-refractivity contribution in [3.63, 3.8) is 0 Å². The predicted octanol–water partition coefficient (Wildman–Crippen LogP) is 3.62. The molecule has 0 spiro atoms. The lowest BCUT2D eigenvalue weighted by molar-refractivity contribution is 0.814. The third kappa shape index (κ3) is 3.02. The summed E-state index contributed by atoms with van der Waals surface area (Å²) in [6, 6.07) is 10.7. The number of benzene rings is 1. The van der Waals surface area contributed by atoms with Crippen LogP contribution in [-0.2, 0) is 0 Å². The van der Waals surface area contributed by atoms with Crippen LogP contribution in [0, 0.1) is 0 Å². The summed E-state index contributed by atoms with van der Waals surface area (Å²) in [5, 5.41) is 0.